The third kappa shape index (κ3) is 13.9. The highest BCUT2D eigenvalue weighted by Gasteiger charge is 2.10. The third-order valence-corrected chi connectivity index (χ3v) is 3.07. The van der Waals surface area contributed by atoms with E-state index in [0.29, 0.717) is 6.32 Å². The van der Waals surface area contributed by atoms with E-state index in [1.54, 1.807) is 0 Å². The SMILES string of the molecule is CCCCCCCCCCCCB(O)OBO. The van der Waals surface area contributed by atoms with Gasteiger partial charge in [0.2, 0.25) is 0 Å². The first-order valence-electron chi connectivity index (χ1n) is 7.21. The lowest BCUT2D eigenvalue weighted by Crippen LogP contribution is -2.19. The number of rotatable bonds is 13. The molecule has 3 nitrogen and oxygen atoms in total. The minimum absolute atomic E-state index is 0.390. The molecule has 100 valence electrons. The van der Waals surface area contributed by atoms with Gasteiger partial charge in [-0.3, -0.25) is 0 Å². The van der Waals surface area contributed by atoms with Crippen molar-refractivity contribution in [2.75, 3.05) is 0 Å². The van der Waals surface area contributed by atoms with Crippen molar-refractivity contribution in [2.45, 2.75) is 77.5 Å². The van der Waals surface area contributed by atoms with Crippen LogP contribution < -0.4 is 0 Å². The lowest BCUT2D eigenvalue weighted by Gasteiger charge is -2.05. The van der Waals surface area contributed by atoms with Gasteiger partial charge in [-0.2, -0.15) is 0 Å². The minimum atomic E-state index is -0.783. The highest BCUT2D eigenvalue weighted by Crippen LogP contribution is 2.11. The Hall–Kier alpha value is 0.00987. The van der Waals surface area contributed by atoms with E-state index in [0.717, 1.165) is 12.8 Å². The number of hydrogen-bond acceptors (Lipinski definition) is 3. The van der Waals surface area contributed by atoms with Crippen LogP contribution in [-0.2, 0) is 4.57 Å². The Morgan fingerprint density at radius 2 is 1.35 bits per heavy atom. The van der Waals surface area contributed by atoms with Gasteiger partial charge < -0.3 is 14.6 Å². The van der Waals surface area contributed by atoms with Gasteiger partial charge >= 0.3 is 14.8 Å². The van der Waals surface area contributed by atoms with Crippen molar-refractivity contribution >= 4 is 14.8 Å². The lowest BCUT2D eigenvalue weighted by molar-refractivity contribution is 0.376. The zero-order valence-corrected chi connectivity index (χ0v) is 11.4. The molecule has 17 heavy (non-hydrogen) atoms. The van der Waals surface area contributed by atoms with Gasteiger partial charge in [0, 0.05) is 0 Å². The summed E-state index contributed by atoms with van der Waals surface area (Å²) in [5.74, 6) is 0. The summed E-state index contributed by atoms with van der Waals surface area (Å²) < 4.78 is 4.64. The predicted octanol–water partition coefficient (Wildman–Crippen LogP) is 2.66. The van der Waals surface area contributed by atoms with E-state index < -0.39 is 7.12 Å². The van der Waals surface area contributed by atoms with Crippen LogP contribution in [0, 0.1) is 0 Å². The molecule has 0 heterocycles. The smallest absolute Gasteiger partial charge is 0.440 e. The molecule has 0 amide bonds. The molecule has 0 aromatic rings. The topological polar surface area (TPSA) is 49.7 Å². The van der Waals surface area contributed by atoms with Crippen molar-refractivity contribution in [1.29, 1.82) is 0 Å². The third-order valence-electron chi connectivity index (χ3n) is 3.07. The molecule has 0 aromatic carbocycles. The minimum Gasteiger partial charge on any atom is -0.454 e. The zero-order valence-electron chi connectivity index (χ0n) is 11.4. The van der Waals surface area contributed by atoms with E-state index in [9.17, 15) is 5.02 Å². The molecule has 0 rings (SSSR count). The standard InChI is InChI=1S/C12H28B2O3/c1-2-3-4-5-6-7-8-9-10-11-12-14(16)17-13-15/h13,15-16H,2-12H2,1H3. The lowest BCUT2D eigenvalue weighted by atomic mass is 9.81. The fraction of sp³-hybridized carbons (Fsp3) is 1.00. The van der Waals surface area contributed by atoms with Crippen LogP contribution in [0.1, 0.15) is 71.1 Å². The van der Waals surface area contributed by atoms with E-state index in [2.05, 4.69) is 11.5 Å². The summed E-state index contributed by atoms with van der Waals surface area (Å²) in [6.45, 7) is 2.24. The maximum atomic E-state index is 9.19. The van der Waals surface area contributed by atoms with E-state index in [-0.39, 0.29) is 7.69 Å². The first kappa shape index (κ1) is 17.0. The highest BCUT2D eigenvalue weighted by atomic mass is 16.5. The molecule has 0 aliphatic heterocycles. The summed E-state index contributed by atoms with van der Waals surface area (Å²) in [7, 11) is -1.17. The van der Waals surface area contributed by atoms with Gasteiger partial charge in [0.25, 0.3) is 0 Å². The Bertz CT molecular complexity index is 148. The summed E-state index contributed by atoms with van der Waals surface area (Å²) in [5.41, 5.74) is 0. The molecular weight excluding hydrogens is 214 g/mol. The molecular formula is C12H28B2O3. The Balaban J connectivity index is 2.98. The average Bonchev–Trinajstić information content (AvgIpc) is 2.32. The monoisotopic (exact) mass is 242 g/mol. The summed E-state index contributed by atoms with van der Waals surface area (Å²) in [5, 5.41) is 17.6. The summed E-state index contributed by atoms with van der Waals surface area (Å²) in [4.78, 5) is 0. The van der Waals surface area contributed by atoms with Crippen molar-refractivity contribution in [2.24, 2.45) is 0 Å². The molecule has 5 heteroatoms. The van der Waals surface area contributed by atoms with Crippen molar-refractivity contribution in [1.82, 2.24) is 0 Å². The number of unbranched alkanes of at least 4 members (excludes halogenated alkanes) is 9. The predicted molar refractivity (Wildman–Crippen MR) is 75.1 cm³/mol. The Kier molecular flexibility index (Phi) is 14.1. The van der Waals surface area contributed by atoms with Gasteiger partial charge in [0.05, 0.1) is 0 Å². The summed E-state index contributed by atoms with van der Waals surface area (Å²) in [6, 6.07) is 0. The second-order valence-corrected chi connectivity index (χ2v) is 4.72. The molecule has 0 radical (unpaired) electrons. The van der Waals surface area contributed by atoms with Crippen LogP contribution in [0.15, 0.2) is 0 Å². The van der Waals surface area contributed by atoms with Crippen molar-refractivity contribution < 1.29 is 14.6 Å². The maximum Gasteiger partial charge on any atom is 0.440 e. The fourth-order valence-electron chi connectivity index (χ4n) is 1.98. The van der Waals surface area contributed by atoms with Crippen LogP contribution >= 0.6 is 0 Å². The van der Waals surface area contributed by atoms with Crippen LogP contribution in [-0.4, -0.2) is 24.9 Å². The Morgan fingerprint density at radius 3 is 1.82 bits per heavy atom. The molecule has 0 saturated carbocycles. The van der Waals surface area contributed by atoms with Gasteiger partial charge in [-0.15, -0.1) is 0 Å². The van der Waals surface area contributed by atoms with Crippen molar-refractivity contribution in [3.05, 3.63) is 0 Å². The molecule has 2 N–H and O–H groups in total. The molecule has 0 saturated heterocycles. The highest BCUT2D eigenvalue weighted by molar-refractivity contribution is 6.49. The normalized spacial score (nSPS) is 10.5. The van der Waals surface area contributed by atoms with Gasteiger partial charge in [-0.05, 0) is 6.32 Å². The second-order valence-electron chi connectivity index (χ2n) is 4.72. The van der Waals surface area contributed by atoms with Gasteiger partial charge in [0.15, 0.2) is 0 Å². The Labute approximate surface area is 107 Å². The van der Waals surface area contributed by atoms with E-state index >= 15 is 0 Å². The van der Waals surface area contributed by atoms with Crippen LogP contribution in [0.4, 0.5) is 0 Å². The van der Waals surface area contributed by atoms with E-state index in [1.165, 1.54) is 51.4 Å². The molecule has 0 bridgehead atoms. The molecule has 0 fully saturated rings. The van der Waals surface area contributed by atoms with Gasteiger partial charge in [-0.25, -0.2) is 0 Å². The van der Waals surface area contributed by atoms with Crippen LogP contribution in [0.3, 0.4) is 0 Å². The molecule has 0 aliphatic carbocycles. The first-order chi connectivity index (χ1) is 8.31. The molecule has 0 aliphatic rings. The average molecular weight is 242 g/mol. The second kappa shape index (κ2) is 14.1. The molecule has 0 atom stereocenters. The van der Waals surface area contributed by atoms with Crippen LogP contribution in [0.2, 0.25) is 6.32 Å². The van der Waals surface area contributed by atoms with E-state index in [1.807, 2.05) is 0 Å². The van der Waals surface area contributed by atoms with Gasteiger partial charge in [-0.1, -0.05) is 71.1 Å². The van der Waals surface area contributed by atoms with Gasteiger partial charge in [0.1, 0.15) is 0 Å². The quantitative estimate of drug-likeness (QED) is 0.385. The molecule has 0 spiro atoms. The van der Waals surface area contributed by atoms with Crippen molar-refractivity contribution in [3.63, 3.8) is 0 Å². The molecule has 0 aromatic heterocycles. The zero-order chi connectivity index (χ0) is 12.8. The first-order valence-corrected chi connectivity index (χ1v) is 7.21. The maximum absolute atomic E-state index is 9.19. The largest absolute Gasteiger partial charge is 0.454 e. The van der Waals surface area contributed by atoms with E-state index in [4.69, 9.17) is 5.02 Å². The Morgan fingerprint density at radius 1 is 0.882 bits per heavy atom. The molecule has 0 unspecified atom stereocenters. The van der Waals surface area contributed by atoms with Crippen LogP contribution in [0.5, 0.6) is 0 Å². The van der Waals surface area contributed by atoms with Crippen LogP contribution in [0.25, 0.3) is 0 Å². The number of hydrogen-bond donors (Lipinski definition) is 2. The summed E-state index contributed by atoms with van der Waals surface area (Å²) >= 11 is 0. The summed E-state index contributed by atoms with van der Waals surface area (Å²) in [6.07, 6.45) is 13.5. The fourth-order valence-corrected chi connectivity index (χ4v) is 1.98. The van der Waals surface area contributed by atoms with Crippen molar-refractivity contribution in [3.8, 4) is 0 Å².